The summed E-state index contributed by atoms with van der Waals surface area (Å²) in [5.74, 6) is 0. The van der Waals surface area contributed by atoms with E-state index in [-0.39, 0.29) is 0 Å². The molecule has 5 heteroatoms. The average Bonchev–Trinajstić information content (AvgIpc) is 2.32. The number of halogens is 3. The van der Waals surface area contributed by atoms with Crippen LogP contribution in [0.25, 0.3) is 0 Å². The van der Waals surface area contributed by atoms with Crippen molar-refractivity contribution in [3.05, 3.63) is 54.2 Å². The van der Waals surface area contributed by atoms with E-state index in [1.54, 1.807) is 6.20 Å². The Kier molecular flexibility index (Phi) is 5.03. The third kappa shape index (κ3) is 3.68. The summed E-state index contributed by atoms with van der Waals surface area (Å²) in [5.41, 5.74) is 3.40. The van der Waals surface area contributed by atoms with Gasteiger partial charge in [-0.15, -0.1) is 0 Å². The Morgan fingerprint density at radius 1 is 1.28 bits per heavy atom. The van der Waals surface area contributed by atoms with E-state index in [0.717, 1.165) is 20.3 Å². The van der Waals surface area contributed by atoms with E-state index in [0.29, 0.717) is 6.54 Å². The highest BCUT2D eigenvalue weighted by molar-refractivity contribution is 14.1. The molecule has 1 heterocycles. The summed E-state index contributed by atoms with van der Waals surface area (Å²) in [7, 11) is 0. The second-order valence-corrected chi connectivity index (χ2v) is 6.83. The largest absolute Gasteiger partial charge is 0.379 e. The minimum atomic E-state index is 0.701. The number of hydrogen-bond donors (Lipinski definition) is 1. The molecule has 0 saturated carbocycles. The maximum atomic E-state index is 4.37. The third-order valence-corrected chi connectivity index (χ3v) is 4.80. The summed E-state index contributed by atoms with van der Waals surface area (Å²) < 4.78 is 3.25. The molecule has 0 fully saturated rings. The summed E-state index contributed by atoms with van der Waals surface area (Å²) in [6.45, 7) is 2.81. The van der Waals surface area contributed by atoms with E-state index in [1.807, 2.05) is 6.07 Å². The molecule has 0 unspecified atom stereocenters. The Morgan fingerprint density at radius 3 is 2.72 bits per heavy atom. The number of aryl methyl sites for hydroxylation is 1. The van der Waals surface area contributed by atoms with Gasteiger partial charge < -0.3 is 5.32 Å². The number of anilines is 1. The van der Waals surface area contributed by atoms with E-state index in [2.05, 4.69) is 89.9 Å². The highest BCUT2D eigenvalue weighted by atomic mass is 127. The van der Waals surface area contributed by atoms with Crippen LogP contribution in [0.3, 0.4) is 0 Å². The molecule has 0 amide bonds. The molecular formula is C13H11Br2IN2. The predicted octanol–water partition coefficient (Wildman–Crippen LogP) is 5.13. The Hall–Kier alpha value is -0.140. The molecular weight excluding hydrogens is 471 g/mol. The molecule has 1 aromatic carbocycles. The first kappa shape index (κ1) is 14.3. The zero-order valence-electron chi connectivity index (χ0n) is 9.67. The van der Waals surface area contributed by atoms with Gasteiger partial charge in [0.1, 0.15) is 0 Å². The smallest absolute Gasteiger partial charge is 0.0737 e. The van der Waals surface area contributed by atoms with Crippen molar-refractivity contribution < 1.29 is 0 Å². The van der Waals surface area contributed by atoms with Crippen molar-refractivity contribution in [3.8, 4) is 0 Å². The summed E-state index contributed by atoms with van der Waals surface area (Å²) in [5, 5.41) is 3.38. The van der Waals surface area contributed by atoms with E-state index in [9.17, 15) is 0 Å². The monoisotopic (exact) mass is 480 g/mol. The first-order valence-corrected chi connectivity index (χ1v) is 8.02. The molecule has 1 aromatic heterocycles. The fourth-order valence-electron chi connectivity index (χ4n) is 1.46. The average molecular weight is 482 g/mol. The Bertz CT molecular complexity index is 573. The lowest BCUT2D eigenvalue weighted by atomic mass is 10.2. The van der Waals surface area contributed by atoms with Crippen molar-refractivity contribution in [3.63, 3.8) is 0 Å². The van der Waals surface area contributed by atoms with Crippen molar-refractivity contribution in [2.75, 3.05) is 5.32 Å². The van der Waals surface area contributed by atoms with E-state index in [4.69, 9.17) is 0 Å². The highest BCUT2D eigenvalue weighted by Crippen LogP contribution is 2.21. The van der Waals surface area contributed by atoms with Crippen molar-refractivity contribution in [2.24, 2.45) is 0 Å². The van der Waals surface area contributed by atoms with Crippen LogP contribution in [0, 0.1) is 10.5 Å². The van der Waals surface area contributed by atoms with Crippen LogP contribution in [-0.4, -0.2) is 4.98 Å². The maximum Gasteiger partial charge on any atom is 0.0737 e. The molecule has 0 aliphatic carbocycles. The quantitative estimate of drug-likeness (QED) is 0.615. The van der Waals surface area contributed by atoms with Gasteiger partial charge in [0, 0.05) is 24.4 Å². The molecule has 0 saturated heterocycles. The number of aromatic nitrogens is 1. The fourth-order valence-corrected chi connectivity index (χ4v) is 3.10. The lowest BCUT2D eigenvalue weighted by Gasteiger charge is -2.09. The second-order valence-electron chi connectivity index (χ2n) is 3.90. The zero-order chi connectivity index (χ0) is 13.1. The van der Waals surface area contributed by atoms with Crippen LogP contribution < -0.4 is 5.32 Å². The molecule has 0 atom stereocenters. The SMILES string of the molecule is Cc1ccc(NCc2ncc(Br)cc2Br)cc1I. The molecule has 0 aliphatic heterocycles. The molecule has 0 aliphatic rings. The van der Waals surface area contributed by atoms with E-state index in [1.165, 1.54) is 9.13 Å². The molecule has 2 aromatic rings. The summed E-state index contributed by atoms with van der Waals surface area (Å²) in [6, 6.07) is 8.35. The van der Waals surface area contributed by atoms with Gasteiger partial charge in [0.05, 0.1) is 12.2 Å². The topological polar surface area (TPSA) is 24.9 Å². The van der Waals surface area contributed by atoms with E-state index < -0.39 is 0 Å². The molecule has 0 radical (unpaired) electrons. The molecule has 2 nitrogen and oxygen atoms in total. The number of hydrogen-bond acceptors (Lipinski definition) is 2. The number of pyridine rings is 1. The maximum absolute atomic E-state index is 4.37. The lowest BCUT2D eigenvalue weighted by Crippen LogP contribution is -2.02. The van der Waals surface area contributed by atoms with Gasteiger partial charge in [0.25, 0.3) is 0 Å². The lowest BCUT2D eigenvalue weighted by molar-refractivity contribution is 1.03. The van der Waals surface area contributed by atoms with Crippen LogP contribution in [0.2, 0.25) is 0 Å². The highest BCUT2D eigenvalue weighted by Gasteiger charge is 2.03. The van der Waals surface area contributed by atoms with Crippen molar-refractivity contribution in [1.29, 1.82) is 0 Å². The van der Waals surface area contributed by atoms with Crippen molar-refractivity contribution in [1.82, 2.24) is 4.98 Å². The van der Waals surface area contributed by atoms with Gasteiger partial charge in [-0.1, -0.05) is 6.07 Å². The molecule has 0 spiro atoms. The molecule has 94 valence electrons. The van der Waals surface area contributed by atoms with Gasteiger partial charge in [-0.25, -0.2) is 0 Å². The minimum Gasteiger partial charge on any atom is -0.379 e. The summed E-state index contributed by atoms with van der Waals surface area (Å²) >= 11 is 9.25. The second kappa shape index (κ2) is 6.34. The van der Waals surface area contributed by atoms with Crippen LogP contribution in [0.15, 0.2) is 39.4 Å². The Morgan fingerprint density at radius 2 is 2.06 bits per heavy atom. The Balaban J connectivity index is 2.09. The van der Waals surface area contributed by atoms with Gasteiger partial charge in [0.15, 0.2) is 0 Å². The Labute approximate surface area is 137 Å². The summed E-state index contributed by atoms with van der Waals surface area (Å²) in [4.78, 5) is 4.37. The van der Waals surface area contributed by atoms with Gasteiger partial charge in [-0.2, -0.15) is 0 Å². The normalized spacial score (nSPS) is 10.4. The number of benzene rings is 1. The number of nitrogens with one attached hydrogen (secondary N) is 1. The van der Waals surface area contributed by atoms with Crippen LogP contribution in [-0.2, 0) is 6.54 Å². The van der Waals surface area contributed by atoms with Gasteiger partial charge in [0.2, 0.25) is 0 Å². The third-order valence-electron chi connectivity index (χ3n) is 2.52. The van der Waals surface area contributed by atoms with Gasteiger partial charge in [-0.05, 0) is 85.1 Å². The van der Waals surface area contributed by atoms with Crippen LogP contribution in [0.5, 0.6) is 0 Å². The van der Waals surface area contributed by atoms with Crippen LogP contribution in [0.1, 0.15) is 11.3 Å². The van der Waals surface area contributed by atoms with Gasteiger partial charge >= 0.3 is 0 Å². The standard InChI is InChI=1S/C13H11Br2IN2/c1-8-2-3-10(5-12(8)16)17-7-13-11(15)4-9(14)6-18-13/h2-6,17H,7H2,1H3. The van der Waals surface area contributed by atoms with Crippen LogP contribution in [0.4, 0.5) is 5.69 Å². The molecule has 2 rings (SSSR count). The predicted molar refractivity (Wildman–Crippen MR) is 90.9 cm³/mol. The number of rotatable bonds is 3. The minimum absolute atomic E-state index is 0.701. The van der Waals surface area contributed by atoms with Crippen molar-refractivity contribution >= 4 is 60.1 Å². The van der Waals surface area contributed by atoms with Gasteiger partial charge in [-0.3, -0.25) is 4.98 Å². The summed E-state index contributed by atoms with van der Waals surface area (Å²) in [6.07, 6.45) is 1.81. The first-order valence-electron chi connectivity index (χ1n) is 5.36. The van der Waals surface area contributed by atoms with Crippen LogP contribution >= 0.6 is 54.5 Å². The van der Waals surface area contributed by atoms with Crippen molar-refractivity contribution in [2.45, 2.75) is 13.5 Å². The fraction of sp³-hybridized carbons (Fsp3) is 0.154. The molecule has 1 N–H and O–H groups in total. The first-order chi connectivity index (χ1) is 8.56. The zero-order valence-corrected chi connectivity index (χ0v) is 15.0. The molecule has 0 bridgehead atoms. The molecule has 18 heavy (non-hydrogen) atoms. The number of nitrogens with zero attached hydrogens (tertiary/aromatic N) is 1. The van der Waals surface area contributed by atoms with E-state index >= 15 is 0 Å².